The van der Waals surface area contributed by atoms with Crippen molar-refractivity contribution in [3.8, 4) is 0 Å². The first-order chi connectivity index (χ1) is 2.50. The van der Waals surface area contributed by atoms with Gasteiger partial charge in [-0.15, -0.1) is 11.3 Å². The number of hydrogen-bond acceptors (Lipinski definition) is 2. The molecule has 27 valence electrons. The summed E-state index contributed by atoms with van der Waals surface area (Å²) in [7, 11) is 0. The molecule has 1 nitrogen and oxygen atoms in total. The molecular weight excluding hydrogens is 121 g/mol. The molecule has 0 atom stereocenters. The Labute approximate surface area is 83.2 Å². The summed E-state index contributed by atoms with van der Waals surface area (Å²) in [6, 6.07) is 0. The van der Waals surface area contributed by atoms with Gasteiger partial charge in [-0.1, -0.05) is 0 Å². The van der Waals surface area contributed by atoms with Crippen LogP contribution in [0.3, 0.4) is 0 Å². The summed E-state index contributed by atoms with van der Waals surface area (Å²) in [5, 5.41) is 1.88. The largest absolute Gasteiger partial charge is 0.242 e. The summed E-state index contributed by atoms with van der Waals surface area (Å²) in [5.41, 5.74) is 2.65. The van der Waals surface area contributed by atoms with Crippen molar-refractivity contribution in [3.05, 3.63) is 17.1 Å². The Morgan fingerprint density at radius 1 is 1.67 bits per heavy atom. The van der Waals surface area contributed by atoms with Gasteiger partial charge in [0.15, 0.2) is 5.51 Å². The Hall–Kier alpha value is 1.27. The molecule has 0 amide bonds. The standard InChI is InChI=1S/C3H2NS.K.H/c1-2-5-3-4-1;;/h1-2H;;. The van der Waals surface area contributed by atoms with E-state index < -0.39 is 0 Å². The molecule has 6 heavy (non-hydrogen) atoms. The van der Waals surface area contributed by atoms with Gasteiger partial charge < -0.3 is 0 Å². The SMILES string of the molecule is [KH].[c]1nccs1. The van der Waals surface area contributed by atoms with Crippen molar-refractivity contribution in [3.63, 3.8) is 0 Å². The third-order valence-electron chi connectivity index (χ3n) is 0.309. The van der Waals surface area contributed by atoms with Crippen LogP contribution < -0.4 is 0 Å². The number of thiazole rings is 1. The van der Waals surface area contributed by atoms with E-state index in [9.17, 15) is 0 Å². The summed E-state index contributed by atoms with van der Waals surface area (Å²) in [6.45, 7) is 0. The summed E-state index contributed by atoms with van der Waals surface area (Å²) in [4.78, 5) is 3.62. The van der Waals surface area contributed by atoms with Gasteiger partial charge in [-0.3, -0.25) is 0 Å². The van der Waals surface area contributed by atoms with Crippen molar-refractivity contribution < 1.29 is 0 Å². The molecule has 0 bridgehead atoms. The van der Waals surface area contributed by atoms with E-state index in [1.807, 2.05) is 5.38 Å². The summed E-state index contributed by atoms with van der Waals surface area (Å²) >= 11 is 1.48. The molecule has 0 aliphatic carbocycles. The molecule has 3 heteroatoms. The Bertz CT molecular complexity index is 67.3. The van der Waals surface area contributed by atoms with Gasteiger partial charge in [0.2, 0.25) is 0 Å². The molecule has 1 radical (unpaired) electrons. The van der Waals surface area contributed by atoms with E-state index in [4.69, 9.17) is 0 Å². The Balaban J connectivity index is 0.000000250. The molecule has 0 N–H and O–H groups in total. The van der Waals surface area contributed by atoms with Crippen molar-refractivity contribution in [1.29, 1.82) is 0 Å². The third kappa shape index (κ3) is 2.44. The van der Waals surface area contributed by atoms with Gasteiger partial charge in [-0.05, 0) is 0 Å². The second-order valence-corrected chi connectivity index (χ2v) is 1.31. The minimum absolute atomic E-state index is 0. The van der Waals surface area contributed by atoms with Crippen LogP contribution in [0.4, 0.5) is 0 Å². The molecule has 1 heterocycles. The van der Waals surface area contributed by atoms with Gasteiger partial charge in [0, 0.05) is 11.6 Å². The zero-order valence-corrected chi connectivity index (χ0v) is 3.33. The van der Waals surface area contributed by atoms with Crippen LogP contribution in [-0.2, 0) is 0 Å². The molecule has 0 aromatic carbocycles. The number of nitrogens with zero attached hydrogens (tertiary/aromatic N) is 1. The van der Waals surface area contributed by atoms with E-state index in [0.29, 0.717) is 0 Å². The first kappa shape index (κ1) is 7.27. The fourth-order valence-corrected chi connectivity index (χ4v) is 0.456. The maximum Gasteiger partial charge on any atom is 0.152 e. The zero-order valence-electron chi connectivity index (χ0n) is 2.51. The molecule has 0 aliphatic heterocycles. The van der Waals surface area contributed by atoms with Gasteiger partial charge in [0.05, 0.1) is 0 Å². The molecule has 1 aromatic rings. The molecule has 0 aliphatic rings. The predicted molar refractivity (Wildman–Crippen MR) is 28.1 cm³/mol. The summed E-state index contributed by atoms with van der Waals surface area (Å²) < 4.78 is 0. The van der Waals surface area contributed by atoms with Crippen LogP contribution in [0.1, 0.15) is 0 Å². The van der Waals surface area contributed by atoms with Crippen LogP contribution in [-0.4, -0.2) is 56.4 Å². The molecule has 0 saturated heterocycles. The Morgan fingerprint density at radius 2 is 2.50 bits per heavy atom. The fourth-order valence-electron chi connectivity index (χ4n) is 0.152. The van der Waals surface area contributed by atoms with Gasteiger partial charge in [0.25, 0.3) is 0 Å². The van der Waals surface area contributed by atoms with Gasteiger partial charge >= 0.3 is 51.4 Å². The summed E-state index contributed by atoms with van der Waals surface area (Å²) in [6.07, 6.45) is 1.71. The Morgan fingerprint density at radius 3 is 2.67 bits per heavy atom. The minimum atomic E-state index is 0. The van der Waals surface area contributed by atoms with Crippen LogP contribution in [0, 0.1) is 5.51 Å². The number of rotatable bonds is 0. The van der Waals surface area contributed by atoms with Crippen LogP contribution in [0.5, 0.6) is 0 Å². The third-order valence-corrected chi connectivity index (χ3v) is 0.777. The van der Waals surface area contributed by atoms with Gasteiger partial charge in [-0.2, -0.15) is 0 Å². The first-order valence-electron chi connectivity index (χ1n) is 1.25. The molecule has 0 fully saturated rings. The monoisotopic (exact) mass is 124 g/mol. The quantitative estimate of drug-likeness (QED) is 0.453. The maximum absolute atomic E-state index is 3.62. The fraction of sp³-hybridized carbons (Fsp3) is 0. The molecule has 0 unspecified atom stereocenters. The van der Waals surface area contributed by atoms with E-state index in [1.165, 1.54) is 11.3 Å². The van der Waals surface area contributed by atoms with E-state index in [1.54, 1.807) is 6.20 Å². The van der Waals surface area contributed by atoms with Gasteiger partial charge in [0.1, 0.15) is 0 Å². The molecular formula is C3H3KNS. The predicted octanol–water partition coefficient (Wildman–Crippen LogP) is 0.295. The van der Waals surface area contributed by atoms with Crippen LogP contribution in [0.2, 0.25) is 0 Å². The Kier molecular flexibility index (Phi) is 5.36. The first-order valence-corrected chi connectivity index (χ1v) is 2.13. The van der Waals surface area contributed by atoms with Crippen molar-refractivity contribution in [1.82, 2.24) is 4.98 Å². The average molecular weight is 124 g/mol. The molecule has 0 spiro atoms. The second-order valence-electron chi connectivity index (χ2n) is 0.623. The second kappa shape index (κ2) is 4.43. The van der Waals surface area contributed by atoms with E-state index >= 15 is 0 Å². The average Bonchev–Trinajstić information content (AvgIpc) is 1.76. The van der Waals surface area contributed by atoms with Crippen molar-refractivity contribution in [2.45, 2.75) is 0 Å². The van der Waals surface area contributed by atoms with Crippen LogP contribution >= 0.6 is 11.3 Å². The zero-order chi connectivity index (χ0) is 3.54. The molecule has 1 rings (SSSR count). The van der Waals surface area contributed by atoms with Crippen LogP contribution in [0.25, 0.3) is 0 Å². The van der Waals surface area contributed by atoms with Crippen LogP contribution in [0.15, 0.2) is 11.6 Å². The normalized spacial score (nSPS) is 6.67. The molecule has 1 aromatic heterocycles. The van der Waals surface area contributed by atoms with Crippen molar-refractivity contribution >= 4 is 62.7 Å². The summed E-state index contributed by atoms with van der Waals surface area (Å²) in [5.74, 6) is 0. The smallest absolute Gasteiger partial charge is 0.152 e. The maximum atomic E-state index is 3.62. The van der Waals surface area contributed by atoms with Crippen molar-refractivity contribution in [2.24, 2.45) is 0 Å². The number of hydrogen-bond donors (Lipinski definition) is 0. The minimum Gasteiger partial charge on any atom is -0.242 e. The van der Waals surface area contributed by atoms with Crippen molar-refractivity contribution in [2.75, 3.05) is 0 Å². The molecule has 0 saturated carbocycles. The topological polar surface area (TPSA) is 12.9 Å². The van der Waals surface area contributed by atoms with E-state index in [-0.39, 0.29) is 51.4 Å². The van der Waals surface area contributed by atoms with E-state index in [0.717, 1.165) is 0 Å². The van der Waals surface area contributed by atoms with E-state index in [2.05, 4.69) is 10.5 Å². The van der Waals surface area contributed by atoms with Gasteiger partial charge in [-0.25, -0.2) is 4.98 Å². The number of aromatic nitrogens is 1.